The third-order valence-electron chi connectivity index (χ3n) is 2.06. The molecule has 6 heteroatoms. The van der Waals surface area contributed by atoms with E-state index in [1.807, 2.05) is 0 Å². The van der Waals surface area contributed by atoms with Crippen molar-refractivity contribution in [3.8, 4) is 0 Å². The fourth-order valence-corrected chi connectivity index (χ4v) is 1.29. The maximum atomic E-state index is 9.33. The van der Waals surface area contributed by atoms with Gasteiger partial charge in [-0.3, -0.25) is 0 Å². The van der Waals surface area contributed by atoms with Crippen LogP contribution in [0.25, 0.3) is 0 Å². The van der Waals surface area contributed by atoms with E-state index in [9.17, 15) is 10.2 Å². The van der Waals surface area contributed by atoms with Gasteiger partial charge in [-0.15, -0.1) is 0 Å². The van der Waals surface area contributed by atoms with Crippen molar-refractivity contribution in [1.29, 1.82) is 0 Å². The first-order chi connectivity index (χ1) is 6.11. The zero-order valence-corrected chi connectivity index (χ0v) is 7.20. The van der Waals surface area contributed by atoms with Gasteiger partial charge in [-0.05, 0) is 0 Å². The van der Waals surface area contributed by atoms with E-state index in [0.717, 1.165) is 0 Å². The van der Waals surface area contributed by atoms with Gasteiger partial charge in [0.15, 0.2) is 6.29 Å². The largest absolute Gasteiger partial charge is 0.394 e. The van der Waals surface area contributed by atoms with Crippen LogP contribution >= 0.6 is 0 Å². The molecule has 1 saturated heterocycles. The molecule has 1 heterocycles. The van der Waals surface area contributed by atoms with Crippen LogP contribution in [0.15, 0.2) is 0 Å². The minimum Gasteiger partial charge on any atom is -0.394 e. The lowest BCUT2D eigenvalue weighted by molar-refractivity contribution is -0.166. The Morgan fingerprint density at radius 1 is 1.38 bits per heavy atom. The van der Waals surface area contributed by atoms with Crippen LogP contribution in [0.3, 0.4) is 0 Å². The predicted octanol–water partition coefficient (Wildman–Crippen LogP) is -2.57. The zero-order chi connectivity index (χ0) is 10.0. The van der Waals surface area contributed by atoms with Gasteiger partial charge < -0.3 is 29.9 Å². The van der Waals surface area contributed by atoms with Gasteiger partial charge in [0.2, 0.25) is 0 Å². The molecule has 78 valence electrons. The highest BCUT2D eigenvalue weighted by Gasteiger charge is 2.45. The molecular weight excluding hydrogens is 180 g/mol. The van der Waals surface area contributed by atoms with E-state index in [0.29, 0.717) is 0 Å². The molecule has 1 aliphatic heterocycles. The molecule has 0 saturated carbocycles. The molecular formula is C7H14O6. The van der Waals surface area contributed by atoms with Gasteiger partial charge in [0, 0.05) is 7.11 Å². The molecule has 4 N–H and O–H groups in total. The summed E-state index contributed by atoms with van der Waals surface area (Å²) in [4.78, 5) is 0. The first-order valence-corrected chi connectivity index (χ1v) is 3.95. The fourth-order valence-electron chi connectivity index (χ4n) is 1.29. The highest BCUT2D eigenvalue weighted by Crippen LogP contribution is 2.23. The summed E-state index contributed by atoms with van der Waals surface area (Å²) < 4.78 is 9.65. The minimum atomic E-state index is -1.24. The maximum Gasteiger partial charge on any atom is 0.186 e. The van der Waals surface area contributed by atoms with Crippen molar-refractivity contribution in [3.05, 3.63) is 0 Å². The molecule has 0 unspecified atom stereocenters. The summed E-state index contributed by atoms with van der Waals surface area (Å²) in [6.45, 7) is -0.537. The summed E-state index contributed by atoms with van der Waals surface area (Å²) in [6, 6.07) is 0. The summed E-state index contributed by atoms with van der Waals surface area (Å²) in [5.74, 6) is 0. The highest BCUT2D eigenvalue weighted by atomic mass is 16.7. The second-order valence-electron chi connectivity index (χ2n) is 2.94. The van der Waals surface area contributed by atoms with Crippen molar-refractivity contribution in [2.24, 2.45) is 0 Å². The first-order valence-electron chi connectivity index (χ1n) is 3.95. The zero-order valence-electron chi connectivity index (χ0n) is 7.20. The van der Waals surface area contributed by atoms with E-state index in [1.165, 1.54) is 7.11 Å². The summed E-state index contributed by atoms with van der Waals surface area (Å²) >= 11 is 0. The normalized spacial score (nSPS) is 42.2. The third kappa shape index (κ3) is 1.98. The average molecular weight is 194 g/mol. The van der Waals surface area contributed by atoms with E-state index in [1.54, 1.807) is 0 Å². The van der Waals surface area contributed by atoms with Gasteiger partial charge in [0.1, 0.15) is 24.4 Å². The summed E-state index contributed by atoms with van der Waals surface area (Å²) in [5.41, 5.74) is 0. The summed E-state index contributed by atoms with van der Waals surface area (Å²) in [7, 11) is 1.31. The molecule has 0 aromatic carbocycles. The standard InChI is InChI=1S/C7H14O6/c1-12-7-5(11)4(10)6(13-7)3(9)2-8/h3-11H,2H2,1H3/t3-,4+,5-,6+,7-/m0/s1. The second-order valence-corrected chi connectivity index (χ2v) is 2.94. The number of hydrogen-bond acceptors (Lipinski definition) is 6. The highest BCUT2D eigenvalue weighted by molar-refractivity contribution is 4.90. The molecule has 1 aliphatic rings. The van der Waals surface area contributed by atoms with Crippen molar-refractivity contribution in [3.63, 3.8) is 0 Å². The van der Waals surface area contributed by atoms with E-state index in [4.69, 9.17) is 19.7 Å². The molecule has 1 rings (SSSR count). The Morgan fingerprint density at radius 2 is 2.00 bits per heavy atom. The van der Waals surface area contributed by atoms with Crippen LogP contribution in [-0.2, 0) is 9.47 Å². The van der Waals surface area contributed by atoms with E-state index >= 15 is 0 Å². The van der Waals surface area contributed by atoms with E-state index < -0.39 is 37.3 Å². The van der Waals surface area contributed by atoms with Gasteiger partial charge in [-0.1, -0.05) is 0 Å². The Bertz CT molecular complexity index is 163. The van der Waals surface area contributed by atoms with E-state index in [2.05, 4.69) is 0 Å². The topological polar surface area (TPSA) is 99.4 Å². The predicted molar refractivity (Wildman–Crippen MR) is 40.8 cm³/mol. The molecule has 5 atom stereocenters. The minimum absolute atomic E-state index is 0.537. The monoisotopic (exact) mass is 194 g/mol. The van der Waals surface area contributed by atoms with Gasteiger partial charge in [-0.2, -0.15) is 0 Å². The molecule has 6 nitrogen and oxygen atoms in total. The molecule has 0 aliphatic carbocycles. The van der Waals surface area contributed by atoms with Crippen molar-refractivity contribution in [2.45, 2.75) is 30.7 Å². The number of aliphatic hydroxyl groups is 4. The number of aliphatic hydroxyl groups excluding tert-OH is 4. The van der Waals surface area contributed by atoms with E-state index in [-0.39, 0.29) is 0 Å². The Kier molecular flexibility index (Phi) is 3.60. The Balaban J connectivity index is 2.60. The van der Waals surface area contributed by atoms with Crippen LogP contribution in [0.2, 0.25) is 0 Å². The second kappa shape index (κ2) is 4.32. The van der Waals surface area contributed by atoms with Crippen LogP contribution < -0.4 is 0 Å². The molecule has 0 radical (unpaired) electrons. The van der Waals surface area contributed by atoms with Crippen molar-refractivity contribution in [1.82, 2.24) is 0 Å². The van der Waals surface area contributed by atoms with Crippen molar-refractivity contribution >= 4 is 0 Å². The van der Waals surface area contributed by atoms with Crippen LogP contribution in [0.1, 0.15) is 0 Å². The molecule has 0 spiro atoms. The van der Waals surface area contributed by atoms with Gasteiger partial charge in [0.05, 0.1) is 6.61 Å². The van der Waals surface area contributed by atoms with Crippen LogP contribution in [-0.4, -0.2) is 64.8 Å². The van der Waals surface area contributed by atoms with Gasteiger partial charge in [0.25, 0.3) is 0 Å². The van der Waals surface area contributed by atoms with Crippen LogP contribution in [0.5, 0.6) is 0 Å². The molecule has 0 aromatic heterocycles. The molecule has 13 heavy (non-hydrogen) atoms. The van der Waals surface area contributed by atoms with Crippen molar-refractivity contribution < 1.29 is 29.9 Å². The Morgan fingerprint density at radius 3 is 2.38 bits per heavy atom. The van der Waals surface area contributed by atoms with Crippen LogP contribution in [0.4, 0.5) is 0 Å². The quantitative estimate of drug-likeness (QED) is 0.394. The SMILES string of the molecule is CO[C@H]1O[C@H]([C@@H](O)CO)[C@H](O)[C@@H]1O. The lowest BCUT2D eigenvalue weighted by Crippen LogP contribution is -2.40. The third-order valence-corrected chi connectivity index (χ3v) is 2.06. The molecule has 1 fully saturated rings. The van der Waals surface area contributed by atoms with Crippen LogP contribution in [0, 0.1) is 0 Å². The summed E-state index contributed by atoms with van der Waals surface area (Å²) in [6.07, 6.45) is -5.63. The van der Waals surface area contributed by atoms with Crippen molar-refractivity contribution in [2.75, 3.05) is 13.7 Å². The number of hydrogen-bond donors (Lipinski definition) is 4. The van der Waals surface area contributed by atoms with Gasteiger partial charge >= 0.3 is 0 Å². The molecule has 0 bridgehead atoms. The lowest BCUT2D eigenvalue weighted by atomic mass is 10.1. The molecule has 0 aromatic rings. The molecule has 0 amide bonds. The average Bonchev–Trinajstić information content (AvgIpc) is 2.43. The van der Waals surface area contributed by atoms with Gasteiger partial charge in [-0.25, -0.2) is 0 Å². The Hall–Kier alpha value is -0.240. The lowest BCUT2D eigenvalue weighted by Gasteiger charge is -2.18. The maximum absolute atomic E-state index is 9.33. The Labute approximate surface area is 75.3 Å². The summed E-state index contributed by atoms with van der Waals surface area (Å²) in [5, 5.41) is 36.4. The number of rotatable bonds is 3. The number of methoxy groups -OCH3 is 1. The fraction of sp³-hybridized carbons (Fsp3) is 1.00. The smallest absolute Gasteiger partial charge is 0.186 e. The first kappa shape index (κ1) is 10.8. The number of ether oxygens (including phenoxy) is 2.